The molecule has 5 aromatic carbocycles. The van der Waals surface area contributed by atoms with E-state index in [2.05, 4.69) is 23.2 Å². The predicted octanol–water partition coefficient (Wildman–Crippen LogP) is 7.00. The number of nitrogens with one attached hydrogen (secondary N) is 1. The fourth-order valence-corrected chi connectivity index (χ4v) is 6.80. The van der Waals surface area contributed by atoms with E-state index in [9.17, 15) is 9.59 Å². The third-order valence-corrected chi connectivity index (χ3v) is 8.83. The fourth-order valence-electron chi connectivity index (χ4n) is 6.80. The van der Waals surface area contributed by atoms with Crippen molar-refractivity contribution in [1.29, 1.82) is 0 Å². The van der Waals surface area contributed by atoms with E-state index in [0.29, 0.717) is 63.2 Å². The Bertz CT molecular complexity index is 2610. The second kappa shape index (κ2) is 9.72. The zero-order valence-electron chi connectivity index (χ0n) is 24.1. The lowest BCUT2D eigenvalue weighted by atomic mass is 9.98. The summed E-state index contributed by atoms with van der Waals surface area (Å²) in [5.41, 5.74) is 6.83. The summed E-state index contributed by atoms with van der Waals surface area (Å²) in [6, 6.07) is 38.7. The molecule has 214 valence electrons. The molecule has 0 spiro atoms. The Hall–Kier alpha value is -6.08. The van der Waals surface area contributed by atoms with Crippen LogP contribution in [0.25, 0.3) is 66.7 Å². The predicted molar refractivity (Wildman–Crippen MR) is 178 cm³/mol. The summed E-state index contributed by atoms with van der Waals surface area (Å²) in [5, 5.41) is 2.14. The van der Waals surface area contributed by atoms with Gasteiger partial charge >= 0.3 is 0 Å². The van der Waals surface area contributed by atoms with Crippen molar-refractivity contribution in [2.24, 2.45) is 0 Å². The largest absolute Gasteiger partial charge is 0.354 e. The monoisotopic (exact) mass is 583 g/mol. The van der Waals surface area contributed by atoms with Gasteiger partial charge in [0, 0.05) is 28.5 Å². The highest BCUT2D eigenvalue weighted by molar-refractivity contribution is 5.93. The third-order valence-electron chi connectivity index (χ3n) is 8.83. The number of benzene rings is 5. The van der Waals surface area contributed by atoms with Crippen LogP contribution < -0.4 is 11.1 Å². The molecule has 7 nitrogen and oxygen atoms in total. The molecule has 7 heteroatoms. The molecule has 3 aromatic heterocycles. The highest BCUT2D eigenvalue weighted by atomic mass is 16.1. The molecule has 1 aliphatic rings. The zero-order chi connectivity index (χ0) is 30.1. The Kier molecular flexibility index (Phi) is 5.49. The van der Waals surface area contributed by atoms with E-state index in [-0.39, 0.29) is 11.1 Å². The second-order valence-corrected chi connectivity index (χ2v) is 11.3. The number of aryl methyl sites for hydroxylation is 2. The van der Waals surface area contributed by atoms with Crippen LogP contribution in [0.1, 0.15) is 11.4 Å². The summed E-state index contributed by atoms with van der Waals surface area (Å²) in [6.07, 6.45) is 1.14. The van der Waals surface area contributed by atoms with Crippen molar-refractivity contribution in [3.8, 4) is 34.0 Å². The van der Waals surface area contributed by atoms with Crippen molar-refractivity contribution < 1.29 is 0 Å². The minimum atomic E-state index is -0.184. The molecule has 9 rings (SSSR count). The van der Waals surface area contributed by atoms with Gasteiger partial charge in [-0.1, -0.05) is 72.8 Å². The fraction of sp³-hybridized carbons (Fsp3) is 0.0526. The Morgan fingerprint density at radius 3 is 1.84 bits per heavy atom. The Morgan fingerprint density at radius 2 is 1.09 bits per heavy atom. The molecule has 0 aliphatic carbocycles. The van der Waals surface area contributed by atoms with Crippen molar-refractivity contribution >= 4 is 32.7 Å². The van der Waals surface area contributed by atoms with Gasteiger partial charge in [-0.25, -0.2) is 9.97 Å². The van der Waals surface area contributed by atoms with Crippen molar-refractivity contribution in [2.45, 2.75) is 12.8 Å². The topological polar surface area (TPSA) is 85.6 Å². The lowest BCUT2D eigenvalue weighted by molar-refractivity contribution is 0.790. The van der Waals surface area contributed by atoms with Crippen LogP contribution in [0.15, 0.2) is 131 Å². The summed E-state index contributed by atoms with van der Waals surface area (Å²) in [6.45, 7) is 0. The van der Waals surface area contributed by atoms with Crippen LogP contribution >= 0.6 is 0 Å². The van der Waals surface area contributed by atoms with E-state index < -0.39 is 0 Å². The van der Waals surface area contributed by atoms with Crippen molar-refractivity contribution in [2.75, 3.05) is 0 Å². The van der Waals surface area contributed by atoms with Crippen LogP contribution in [-0.4, -0.2) is 24.1 Å². The highest BCUT2D eigenvalue weighted by Gasteiger charge is 2.25. The second-order valence-electron chi connectivity index (χ2n) is 11.3. The van der Waals surface area contributed by atoms with Gasteiger partial charge in [-0.2, -0.15) is 0 Å². The Balaban J connectivity index is 1.50. The lowest BCUT2D eigenvalue weighted by Gasteiger charge is -2.22. The van der Waals surface area contributed by atoms with Crippen LogP contribution in [0.3, 0.4) is 0 Å². The van der Waals surface area contributed by atoms with Crippen LogP contribution in [0.2, 0.25) is 0 Å². The molecule has 4 heterocycles. The summed E-state index contributed by atoms with van der Waals surface area (Å²) in [7, 11) is 0. The van der Waals surface area contributed by atoms with E-state index in [1.165, 1.54) is 0 Å². The van der Waals surface area contributed by atoms with E-state index in [1.807, 2.05) is 103 Å². The van der Waals surface area contributed by atoms with Gasteiger partial charge in [0.2, 0.25) is 0 Å². The number of rotatable bonds is 0. The molecule has 0 saturated heterocycles. The maximum Gasteiger partial charge on any atom is 0.266 e. The van der Waals surface area contributed by atoms with Gasteiger partial charge in [-0.3, -0.25) is 18.7 Å². The molecule has 1 aliphatic heterocycles. The van der Waals surface area contributed by atoms with Gasteiger partial charge in [-0.05, 0) is 60.5 Å². The average Bonchev–Trinajstić information content (AvgIpc) is 3.45. The van der Waals surface area contributed by atoms with Gasteiger partial charge in [0.25, 0.3) is 11.1 Å². The van der Waals surface area contributed by atoms with Crippen molar-refractivity contribution in [3.63, 3.8) is 0 Å². The van der Waals surface area contributed by atoms with Crippen LogP contribution in [0, 0.1) is 0 Å². The minimum Gasteiger partial charge on any atom is -0.354 e. The first kappa shape index (κ1) is 25.4. The molecule has 0 amide bonds. The summed E-state index contributed by atoms with van der Waals surface area (Å²) >= 11 is 0. The first-order valence-corrected chi connectivity index (χ1v) is 15.0. The molecule has 45 heavy (non-hydrogen) atoms. The number of aromatic nitrogens is 5. The Morgan fingerprint density at radius 1 is 0.533 bits per heavy atom. The maximum absolute atomic E-state index is 14.6. The summed E-state index contributed by atoms with van der Waals surface area (Å²) < 4.78 is 3.41. The number of aromatic amines is 1. The lowest BCUT2D eigenvalue weighted by Crippen LogP contribution is -2.27. The van der Waals surface area contributed by atoms with Gasteiger partial charge in [0.1, 0.15) is 11.6 Å². The molecule has 8 aromatic rings. The number of H-pyrrole nitrogens is 1. The van der Waals surface area contributed by atoms with E-state index in [1.54, 1.807) is 9.13 Å². The number of nitrogens with zero attached hydrogens (tertiary/aromatic N) is 4. The van der Waals surface area contributed by atoms with Gasteiger partial charge in [-0.15, -0.1) is 0 Å². The SMILES string of the molecule is O=c1c2ccccc2nc2n1-c1ccccc1-c1nc3ccccc3c(=O)n1-c1ccccc1-c1[nH]c3ccccc3c1CC2. The van der Waals surface area contributed by atoms with Crippen LogP contribution in [0.5, 0.6) is 0 Å². The molecule has 0 saturated carbocycles. The number of fused-ring (bicyclic) bond motifs is 13. The van der Waals surface area contributed by atoms with Gasteiger partial charge in [0.15, 0.2) is 0 Å². The summed E-state index contributed by atoms with van der Waals surface area (Å²) in [4.78, 5) is 42.8. The molecule has 0 fully saturated rings. The number of hydrogen-bond acceptors (Lipinski definition) is 4. The van der Waals surface area contributed by atoms with E-state index >= 15 is 0 Å². The number of hydrogen-bond donors (Lipinski definition) is 1. The first-order chi connectivity index (χ1) is 22.2. The summed E-state index contributed by atoms with van der Waals surface area (Å²) in [5.74, 6) is 1.09. The third kappa shape index (κ3) is 3.77. The molecular weight excluding hydrogens is 558 g/mol. The molecule has 1 N–H and O–H groups in total. The molecule has 0 atom stereocenters. The quantitative estimate of drug-likeness (QED) is 0.208. The maximum atomic E-state index is 14.6. The molecular formula is C38H25N5O2. The smallest absolute Gasteiger partial charge is 0.266 e. The number of para-hydroxylation sites is 5. The normalized spacial score (nSPS) is 12.4. The minimum absolute atomic E-state index is 0.158. The zero-order valence-corrected chi connectivity index (χ0v) is 24.1. The van der Waals surface area contributed by atoms with Crippen molar-refractivity contribution in [1.82, 2.24) is 24.1 Å². The van der Waals surface area contributed by atoms with Gasteiger partial charge < -0.3 is 4.98 Å². The standard InChI is InChI=1S/C38H25N5O2/c44-37-25-12-2-7-17-30(25)39-34-22-21-24-23-11-1-6-16-29(23)40-35(24)27-14-4-9-19-32(27)43-36(28-15-5-10-20-33(28)42(34)37)41-31-18-8-3-13-26(31)38(43)45/h1-20,40H,21-22H2. The van der Waals surface area contributed by atoms with E-state index in [4.69, 9.17) is 9.97 Å². The highest BCUT2D eigenvalue weighted by Crippen LogP contribution is 2.37. The van der Waals surface area contributed by atoms with Crippen LogP contribution in [-0.2, 0) is 12.8 Å². The molecule has 0 bridgehead atoms. The average molecular weight is 584 g/mol. The molecule has 0 radical (unpaired) electrons. The van der Waals surface area contributed by atoms with Crippen molar-refractivity contribution in [3.05, 3.63) is 153 Å². The first-order valence-electron chi connectivity index (χ1n) is 15.0. The van der Waals surface area contributed by atoms with Crippen LogP contribution in [0.4, 0.5) is 0 Å². The molecule has 0 unspecified atom stereocenters. The van der Waals surface area contributed by atoms with E-state index in [0.717, 1.165) is 27.7 Å². The Labute approximate surface area is 256 Å². The van der Waals surface area contributed by atoms with Gasteiger partial charge in [0.05, 0.1) is 38.9 Å².